The van der Waals surface area contributed by atoms with Crippen LogP contribution < -0.4 is 10.6 Å². The highest BCUT2D eigenvalue weighted by molar-refractivity contribution is 8.18. The number of rotatable bonds is 1. The number of aliphatic imine (C=N–C) groups is 1. The number of halogens is 2. The highest BCUT2D eigenvalue weighted by Crippen LogP contribution is 2.27. The second kappa shape index (κ2) is 7.97. The molecule has 2 aliphatic heterocycles. The summed E-state index contributed by atoms with van der Waals surface area (Å²) in [4.78, 5) is 16.2. The van der Waals surface area contributed by atoms with Crippen molar-refractivity contribution in [3.8, 4) is 0 Å². The number of amides is 1. The zero-order valence-corrected chi connectivity index (χ0v) is 12.0. The van der Waals surface area contributed by atoms with Crippen LogP contribution in [0.4, 0.5) is 4.79 Å². The van der Waals surface area contributed by atoms with Gasteiger partial charge in [0.05, 0.1) is 4.91 Å². The van der Waals surface area contributed by atoms with Crippen LogP contribution >= 0.6 is 36.6 Å². The van der Waals surface area contributed by atoms with Crippen LogP contribution in [0.25, 0.3) is 0 Å². The van der Waals surface area contributed by atoms with Gasteiger partial charge in [-0.15, -0.1) is 24.8 Å². The standard InChI is InChI=1S/C10H15N3OS.2ClH/c1-11-9-8(15-10(14)13-9)6-7-2-4-12-5-3-7;;/h6-7,12H,2-5H2,1H3,(H,11,13,14);2*1H. The van der Waals surface area contributed by atoms with Crippen LogP contribution in [-0.2, 0) is 0 Å². The van der Waals surface area contributed by atoms with Gasteiger partial charge in [-0.25, -0.2) is 0 Å². The molecule has 0 bridgehead atoms. The molecule has 17 heavy (non-hydrogen) atoms. The zero-order valence-electron chi connectivity index (χ0n) is 9.56. The Bertz CT molecular complexity index is 328. The van der Waals surface area contributed by atoms with Crippen LogP contribution in [0.5, 0.6) is 0 Å². The summed E-state index contributed by atoms with van der Waals surface area (Å²) in [5.74, 6) is 1.31. The number of nitrogens with one attached hydrogen (secondary N) is 2. The van der Waals surface area contributed by atoms with Gasteiger partial charge < -0.3 is 10.6 Å². The van der Waals surface area contributed by atoms with Crippen LogP contribution in [-0.4, -0.2) is 31.2 Å². The second-order valence-corrected chi connectivity index (χ2v) is 4.72. The fraction of sp³-hybridized carbons (Fsp3) is 0.600. The Morgan fingerprint density at radius 2 is 2.00 bits per heavy atom. The molecule has 0 saturated carbocycles. The van der Waals surface area contributed by atoms with Crippen LogP contribution in [0.15, 0.2) is 16.0 Å². The highest BCUT2D eigenvalue weighted by Gasteiger charge is 2.24. The maximum atomic E-state index is 11.2. The van der Waals surface area contributed by atoms with E-state index in [0.717, 1.165) is 36.7 Å². The third-order valence-electron chi connectivity index (χ3n) is 2.65. The summed E-state index contributed by atoms with van der Waals surface area (Å²) in [6.45, 7) is 2.14. The van der Waals surface area contributed by atoms with E-state index in [1.807, 2.05) is 0 Å². The van der Waals surface area contributed by atoms with Gasteiger partial charge in [0, 0.05) is 7.05 Å². The molecule has 2 heterocycles. The third kappa shape index (κ3) is 4.50. The van der Waals surface area contributed by atoms with E-state index in [9.17, 15) is 4.79 Å². The SMILES string of the molecule is CN=C1NC(=O)SC1=CC1CCNCC1.Cl.Cl. The van der Waals surface area contributed by atoms with Crippen molar-refractivity contribution in [1.82, 2.24) is 10.6 Å². The number of amidine groups is 1. The largest absolute Gasteiger partial charge is 0.317 e. The average Bonchev–Trinajstić information content (AvgIpc) is 2.60. The molecule has 2 rings (SSSR count). The molecule has 4 nitrogen and oxygen atoms in total. The molecular formula is C10H17Cl2N3OS. The van der Waals surface area contributed by atoms with Crippen LogP contribution in [0.2, 0.25) is 0 Å². The van der Waals surface area contributed by atoms with Crippen molar-refractivity contribution in [1.29, 1.82) is 0 Å². The number of piperidine rings is 1. The van der Waals surface area contributed by atoms with E-state index < -0.39 is 0 Å². The molecule has 0 atom stereocenters. The molecule has 0 aromatic heterocycles. The third-order valence-corrected chi connectivity index (χ3v) is 3.49. The van der Waals surface area contributed by atoms with Gasteiger partial charge in [0.25, 0.3) is 5.24 Å². The average molecular weight is 298 g/mol. The first kappa shape index (κ1) is 16.8. The molecule has 1 amide bonds. The zero-order chi connectivity index (χ0) is 10.7. The van der Waals surface area contributed by atoms with Gasteiger partial charge in [0.1, 0.15) is 5.84 Å². The molecule has 0 unspecified atom stereocenters. The van der Waals surface area contributed by atoms with Crippen molar-refractivity contribution in [2.75, 3.05) is 20.1 Å². The van der Waals surface area contributed by atoms with Gasteiger partial charge in [-0.1, -0.05) is 6.08 Å². The minimum absolute atomic E-state index is 0. The lowest BCUT2D eigenvalue weighted by Crippen LogP contribution is -2.27. The predicted octanol–water partition coefficient (Wildman–Crippen LogP) is 2.20. The van der Waals surface area contributed by atoms with Gasteiger partial charge in [-0.2, -0.15) is 0 Å². The monoisotopic (exact) mass is 297 g/mol. The summed E-state index contributed by atoms with van der Waals surface area (Å²) in [5, 5.41) is 6.04. The molecule has 0 aliphatic carbocycles. The summed E-state index contributed by atoms with van der Waals surface area (Å²) in [6.07, 6.45) is 4.48. The van der Waals surface area contributed by atoms with Crippen molar-refractivity contribution in [3.05, 3.63) is 11.0 Å². The minimum atomic E-state index is -0.0178. The fourth-order valence-electron chi connectivity index (χ4n) is 1.84. The maximum Gasteiger partial charge on any atom is 0.289 e. The number of carbonyl (C=O) groups is 1. The van der Waals surface area contributed by atoms with Crippen LogP contribution in [0.1, 0.15) is 12.8 Å². The summed E-state index contributed by atoms with van der Waals surface area (Å²) in [7, 11) is 1.71. The summed E-state index contributed by atoms with van der Waals surface area (Å²) >= 11 is 1.25. The molecule has 2 fully saturated rings. The van der Waals surface area contributed by atoms with Crippen molar-refractivity contribution < 1.29 is 4.79 Å². The Labute approximate surface area is 118 Å². The molecule has 7 heteroatoms. The summed E-state index contributed by atoms with van der Waals surface area (Å²) < 4.78 is 0. The maximum absolute atomic E-state index is 11.2. The molecule has 98 valence electrons. The highest BCUT2D eigenvalue weighted by atomic mass is 35.5. The predicted molar refractivity (Wildman–Crippen MR) is 77.7 cm³/mol. The quantitative estimate of drug-likeness (QED) is 0.780. The molecule has 2 N–H and O–H groups in total. The topological polar surface area (TPSA) is 53.5 Å². The van der Waals surface area contributed by atoms with E-state index in [4.69, 9.17) is 0 Å². The molecule has 2 aliphatic rings. The Kier molecular flexibility index (Phi) is 7.87. The molecule has 0 aromatic rings. The van der Waals surface area contributed by atoms with Gasteiger partial charge >= 0.3 is 0 Å². The van der Waals surface area contributed by atoms with Crippen molar-refractivity contribution in [2.45, 2.75) is 12.8 Å². The number of allylic oxidation sites excluding steroid dienone is 1. The first-order valence-corrected chi connectivity index (χ1v) is 6.00. The van der Waals surface area contributed by atoms with E-state index in [2.05, 4.69) is 21.7 Å². The Morgan fingerprint density at radius 3 is 2.59 bits per heavy atom. The number of thioether (sulfide) groups is 1. The van der Waals surface area contributed by atoms with Gasteiger partial charge in [0.15, 0.2) is 0 Å². The second-order valence-electron chi connectivity index (χ2n) is 3.71. The van der Waals surface area contributed by atoms with Crippen LogP contribution in [0, 0.1) is 5.92 Å². The summed E-state index contributed by atoms with van der Waals surface area (Å²) in [5.41, 5.74) is 0. The number of hydrogen-bond acceptors (Lipinski definition) is 4. The number of hydrogen-bond donors (Lipinski definition) is 2. The molecule has 0 radical (unpaired) electrons. The number of nitrogens with zero attached hydrogens (tertiary/aromatic N) is 1. The first-order chi connectivity index (χ1) is 7.29. The summed E-state index contributed by atoms with van der Waals surface area (Å²) in [6, 6.07) is 0. The van der Waals surface area contributed by atoms with Crippen molar-refractivity contribution in [2.24, 2.45) is 10.9 Å². The minimum Gasteiger partial charge on any atom is -0.317 e. The normalized spacial score (nSPS) is 25.4. The lowest BCUT2D eigenvalue weighted by molar-refractivity contribution is 0.265. The Balaban J connectivity index is 0.00000128. The van der Waals surface area contributed by atoms with Crippen molar-refractivity contribution >= 4 is 47.7 Å². The van der Waals surface area contributed by atoms with Crippen LogP contribution in [0.3, 0.4) is 0 Å². The van der Waals surface area contributed by atoms with E-state index in [0.29, 0.717) is 5.92 Å². The van der Waals surface area contributed by atoms with Gasteiger partial charge in [-0.05, 0) is 43.6 Å². The fourth-order valence-corrected chi connectivity index (χ4v) is 2.68. The Morgan fingerprint density at radius 1 is 1.35 bits per heavy atom. The van der Waals surface area contributed by atoms with E-state index in [1.165, 1.54) is 11.8 Å². The van der Waals surface area contributed by atoms with E-state index in [1.54, 1.807) is 7.05 Å². The molecule has 2 saturated heterocycles. The Hall–Kier alpha value is -0.230. The van der Waals surface area contributed by atoms with Gasteiger partial charge in [-0.3, -0.25) is 9.79 Å². The number of carbonyl (C=O) groups excluding carboxylic acids is 1. The van der Waals surface area contributed by atoms with Crippen molar-refractivity contribution in [3.63, 3.8) is 0 Å². The first-order valence-electron chi connectivity index (χ1n) is 5.18. The lowest BCUT2D eigenvalue weighted by Gasteiger charge is -2.19. The van der Waals surface area contributed by atoms with Gasteiger partial charge in [0.2, 0.25) is 0 Å². The van der Waals surface area contributed by atoms with E-state index in [-0.39, 0.29) is 30.1 Å². The van der Waals surface area contributed by atoms with E-state index >= 15 is 0 Å². The lowest BCUT2D eigenvalue weighted by atomic mass is 9.97. The smallest absolute Gasteiger partial charge is 0.289 e. The molecule has 0 spiro atoms. The molecular weight excluding hydrogens is 281 g/mol. The molecule has 0 aromatic carbocycles.